The van der Waals surface area contributed by atoms with Crippen molar-refractivity contribution < 1.29 is 13.5 Å². The van der Waals surface area contributed by atoms with Crippen LogP contribution in [-0.4, -0.2) is 12.1 Å². The Balaban J connectivity index is 3.36. The predicted molar refractivity (Wildman–Crippen MR) is 53.1 cm³/mol. The molecule has 0 aliphatic rings. The molecule has 0 atom stereocenters. The van der Waals surface area contributed by atoms with Gasteiger partial charge < -0.3 is 4.74 Å². The summed E-state index contributed by atoms with van der Waals surface area (Å²) >= 11 is 3.05. The Hall–Kier alpha value is -1.22. The quantitative estimate of drug-likeness (QED) is 0.798. The van der Waals surface area contributed by atoms with Crippen molar-refractivity contribution in [3.05, 3.63) is 22.9 Å². The minimum Gasteiger partial charge on any atom is -0.480 e. The lowest BCUT2D eigenvalue weighted by Gasteiger charge is -2.08. The summed E-state index contributed by atoms with van der Waals surface area (Å²) in [6, 6.07) is 2.86. The summed E-state index contributed by atoms with van der Waals surface area (Å²) in [5.74, 6) is 0.0661. The topological polar surface area (TPSA) is 45.9 Å². The van der Waals surface area contributed by atoms with Gasteiger partial charge in [-0.15, -0.1) is 0 Å². The van der Waals surface area contributed by atoms with E-state index in [-0.39, 0.29) is 28.0 Å². The van der Waals surface area contributed by atoms with Crippen LogP contribution in [0.4, 0.5) is 8.78 Å². The summed E-state index contributed by atoms with van der Waals surface area (Å²) in [6.07, 6.45) is -2.65. The maximum Gasteiger partial charge on any atom is 0.265 e. The highest BCUT2D eigenvalue weighted by atomic mass is 79.9. The highest BCUT2D eigenvalue weighted by molar-refractivity contribution is 9.08. The highest BCUT2D eigenvalue weighted by Gasteiger charge is 2.17. The molecule has 1 aromatic heterocycles. The minimum atomic E-state index is -2.65. The molecule has 0 radical (unpaired) electrons. The normalized spacial score (nSPS) is 10.1. The smallest absolute Gasteiger partial charge is 0.265 e. The number of ether oxygens (including phenoxy) is 1. The lowest BCUT2D eigenvalue weighted by molar-refractivity contribution is 0.149. The molecule has 1 heterocycles. The number of rotatable bonds is 3. The van der Waals surface area contributed by atoms with Crippen LogP contribution in [0, 0.1) is 11.3 Å². The number of methoxy groups -OCH3 is 1. The molecule has 3 nitrogen and oxygen atoms in total. The van der Waals surface area contributed by atoms with E-state index in [1.165, 1.54) is 7.11 Å². The molecule has 0 unspecified atom stereocenters. The zero-order valence-electron chi connectivity index (χ0n) is 7.80. The molecule has 0 fully saturated rings. The molecule has 1 aromatic rings. The molecular formula is C9H7BrF2N2O. The lowest BCUT2D eigenvalue weighted by atomic mass is 10.1. The van der Waals surface area contributed by atoms with Crippen molar-refractivity contribution in [3.8, 4) is 11.9 Å². The molecule has 0 amide bonds. The fourth-order valence-electron chi connectivity index (χ4n) is 1.08. The van der Waals surface area contributed by atoms with Gasteiger partial charge >= 0.3 is 0 Å². The van der Waals surface area contributed by atoms with Crippen molar-refractivity contribution in [1.82, 2.24) is 4.98 Å². The maximum absolute atomic E-state index is 12.6. The molecule has 0 saturated carbocycles. The Labute approximate surface area is 93.8 Å². The van der Waals surface area contributed by atoms with Crippen LogP contribution in [0.5, 0.6) is 5.88 Å². The Morgan fingerprint density at radius 2 is 2.33 bits per heavy atom. The van der Waals surface area contributed by atoms with Gasteiger partial charge in [-0.2, -0.15) is 5.26 Å². The van der Waals surface area contributed by atoms with Gasteiger partial charge in [-0.25, -0.2) is 13.8 Å². The van der Waals surface area contributed by atoms with Crippen LogP contribution in [0.1, 0.15) is 23.2 Å². The van der Waals surface area contributed by atoms with E-state index in [1.54, 1.807) is 6.07 Å². The van der Waals surface area contributed by atoms with E-state index in [2.05, 4.69) is 20.9 Å². The summed E-state index contributed by atoms with van der Waals surface area (Å²) in [5.41, 5.74) is -0.0532. The largest absolute Gasteiger partial charge is 0.480 e. The number of halogens is 3. The summed E-state index contributed by atoms with van der Waals surface area (Å²) in [7, 11) is 1.34. The first-order valence-electron chi connectivity index (χ1n) is 3.96. The van der Waals surface area contributed by atoms with E-state index in [4.69, 9.17) is 10.00 Å². The summed E-state index contributed by atoms with van der Waals surface area (Å²) < 4.78 is 29.9. The Morgan fingerprint density at radius 3 is 2.73 bits per heavy atom. The van der Waals surface area contributed by atoms with Gasteiger partial charge in [0, 0.05) is 10.9 Å². The van der Waals surface area contributed by atoms with Gasteiger partial charge in [0.1, 0.15) is 11.6 Å². The summed E-state index contributed by atoms with van der Waals surface area (Å²) in [6.45, 7) is 0. The average Bonchev–Trinajstić information content (AvgIpc) is 2.26. The van der Waals surface area contributed by atoms with Crippen LogP contribution >= 0.6 is 15.9 Å². The second-order valence-electron chi connectivity index (χ2n) is 2.63. The van der Waals surface area contributed by atoms with Crippen molar-refractivity contribution in [2.75, 3.05) is 7.11 Å². The average molecular weight is 277 g/mol. The molecule has 0 bridgehead atoms. The lowest BCUT2D eigenvalue weighted by Crippen LogP contribution is -2.01. The van der Waals surface area contributed by atoms with Gasteiger partial charge in [-0.1, -0.05) is 15.9 Å². The van der Waals surface area contributed by atoms with E-state index >= 15 is 0 Å². The summed E-state index contributed by atoms with van der Waals surface area (Å²) in [5, 5.41) is 8.88. The highest BCUT2D eigenvalue weighted by Crippen LogP contribution is 2.28. The zero-order chi connectivity index (χ0) is 11.4. The van der Waals surface area contributed by atoms with E-state index in [0.717, 1.165) is 6.07 Å². The fraction of sp³-hybridized carbons (Fsp3) is 0.333. The Kier molecular flexibility index (Phi) is 3.97. The van der Waals surface area contributed by atoms with Crippen LogP contribution in [0.2, 0.25) is 0 Å². The predicted octanol–water partition coefficient (Wildman–Crippen LogP) is 2.79. The number of alkyl halides is 3. The number of aromatic nitrogens is 1. The SMILES string of the molecule is COc1nc(CBr)c(C(F)F)cc1C#N. The van der Waals surface area contributed by atoms with Crippen LogP contribution in [0.25, 0.3) is 0 Å². The Bertz CT molecular complexity index is 404. The van der Waals surface area contributed by atoms with Gasteiger partial charge in [0.15, 0.2) is 0 Å². The van der Waals surface area contributed by atoms with Crippen molar-refractivity contribution >= 4 is 15.9 Å². The van der Waals surface area contributed by atoms with Crippen molar-refractivity contribution in [2.45, 2.75) is 11.8 Å². The van der Waals surface area contributed by atoms with Crippen LogP contribution in [-0.2, 0) is 5.33 Å². The van der Waals surface area contributed by atoms with E-state index in [0.29, 0.717) is 0 Å². The molecule has 0 aliphatic carbocycles. The van der Waals surface area contributed by atoms with E-state index < -0.39 is 6.43 Å². The second kappa shape index (κ2) is 5.03. The molecule has 1 rings (SSSR count). The monoisotopic (exact) mass is 276 g/mol. The van der Waals surface area contributed by atoms with Crippen LogP contribution in [0.3, 0.4) is 0 Å². The minimum absolute atomic E-state index is 0.0116. The second-order valence-corrected chi connectivity index (χ2v) is 3.19. The molecule has 0 aliphatic heterocycles. The van der Waals surface area contributed by atoms with E-state index in [9.17, 15) is 8.78 Å². The third kappa shape index (κ3) is 2.42. The molecule has 15 heavy (non-hydrogen) atoms. The molecule has 0 N–H and O–H groups in total. The number of nitriles is 1. The number of hydrogen-bond acceptors (Lipinski definition) is 3. The Morgan fingerprint density at radius 1 is 1.67 bits per heavy atom. The van der Waals surface area contributed by atoms with Gasteiger partial charge in [0.05, 0.1) is 12.8 Å². The first-order valence-corrected chi connectivity index (χ1v) is 5.08. The third-order valence-corrected chi connectivity index (χ3v) is 2.31. The molecule has 0 saturated heterocycles. The number of nitrogens with zero attached hydrogens (tertiary/aromatic N) is 2. The first kappa shape index (κ1) is 11.9. The molecule has 6 heteroatoms. The summed E-state index contributed by atoms with van der Waals surface area (Å²) in [4.78, 5) is 3.83. The fourth-order valence-corrected chi connectivity index (χ4v) is 1.53. The molecule has 0 spiro atoms. The molecule has 80 valence electrons. The van der Waals surface area contributed by atoms with E-state index in [1.807, 2.05) is 0 Å². The maximum atomic E-state index is 12.6. The zero-order valence-corrected chi connectivity index (χ0v) is 9.38. The van der Waals surface area contributed by atoms with Gasteiger partial charge in [-0.05, 0) is 6.07 Å². The van der Waals surface area contributed by atoms with Crippen molar-refractivity contribution in [3.63, 3.8) is 0 Å². The van der Waals surface area contributed by atoms with Gasteiger partial charge in [0.2, 0.25) is 5.88 Å². The van der Waals surface area contributed by atoms with Gasteiger partial charge in [0.25, 0.3) is 6.43 Å². The van der Waals surface area contributed by atoms with Crippen LogP contribution in [0.15, 0.2) is 6.07 Å². The van der Waals surface area contributed by atoms with Crippen molar-refractivity contribution in [2.24, 2.45) is 0 Å². The van der Waals surface area contributed by atoms with Gasteiger partial charge in [-0.3, -0.25) is 0 Å². The molecular weight excluding hydrogens is 270 g/mol. The van der Waals surface area contributed by atoms with Crippen LogP contribution < -0.4 is 4.74 Å². The number of hydrogen-bond donors (Lipinski definition) is 0. The standard InChI is InChI=1S/C9H7BrF2N2O/c1-15-9-5(4-13)2-6(8(11)12)7(3-10)14-9/h2,8H,3H2,1H3. The first-order chi connectivity index (χ1) is 7.13. The van der Waals surface area contributed by atoms with Crippen molar-refractivity contribution in [1.29, 1.82) is 5.26 Å². The molecule has 0 aromatic carbocycles. The number of pyridine rings is 1. The third-order valence-electron chi connectivity index (χ3n) is 1.78.